The molecular formula is C9H12F2IN3O. The van der Waals surface area contributed by atoms with Crippen molar-refractivity contribution in [3.63, 3.8) is 0 Å². The Morgan fingerprint density at radius 3 is 2.56 bits per heavy atom. The molecule has 90 valence electrons. The van der Waals surface area contributed by atoms with Crippen LogP contribution in [-0.4, -0.2) is 19.1 Å². The average molecular weight is 343 g/mol. The van der Waals surface area contributed by atoms with Crippen molar-refractivity contribution < 1.29 is 13.5 Å². The van der Waals surface area contributed by atoms with E-state index < -0.39 is 11.6 Å². The summed E-state index contributed by atoms with van der Waals surface area (Å²) in [4.78, 5) is 3.64. The first kappa shape index (κ1) is 14.9. The molecule has 0 bridgehead atoms. The minimum absolute atomic E-state index is 0. The summed E-state index contributed by atoms with van der Waals surface area (Å²) in [6.45, 7) is 0.347. The Labute approximate surface area is 109 Å². The Hall–Kier alpha value is -1.12. The lowest BCUT2D eigenvalue weighted by molar-refractivity contribution is 0.310. The van der Waals surface area contributed by atoms with Gasteiger partial charge >= 0.3 is 0 Å². The van der Waals surface area contributed by atoms with Crippen molar-refractivity contribution in [2.24, 2.45) is 16.5 Å². The Bertz CT molecular complexity index is 370. The van der Waals surface area contributed by atoms with Gasteiger partial charge < -0.3 is 16.2 Å². The first-order valence-corrected chi connectivity index (χ1v) is 4.23. The first-order chi connectivity index (χ1) is 7.09. The Balaban J connectivity index is 0.00000225. The van der Waals surface area contributed by atoms with Crippen LogP contribution in [0.3, 0.4) is 0 Å². The molecule has 7 heteroatoms. The van der Waals surface area contributed by atoms with Crippen LogP contribution in [0.4, 0.5) is 8.78 Å². The fourth-order valence-corrected chi connectivity index (χ4v) is 0.923. The summed E-state index contributed by atoms with van der Waals surface area (Å²) in [5, 5.41) is 0. The molecular weight excluding hydrogens is 331 g/mol. The van der Waals surface area contributed by atoms with E-state index >= 15 is 0 Å². The molecule has 4 N–H and O–H groups in total. The van der Waals surface area contributed by atoms with Gasteiger partial charge in [0.05, 0.1) is 6.54 Å². The molecule has 0 heterocycles. The quantitative estimate of drug-likeness (QED) is 0.374. The fourth-order valence-electron chi connectivity index (χ4n) is 0.923. The molecule has 0 saturated heterocycles. The maximum atomic E-state index is 13.0. The van der Waals surface area contributed by atoms with E-state index in [-0.39, 0.29) is 48.8 Å². The van der Waals surface area contributed by atoms with Crippen LogP contribution in [0, 0.1) is 11.6 Å². The number of benzene rings is 1. The van der Waals surface area contributed by atoms with E-state index in [2.05, 4.69) is 4.99 Å². The summed E-state index contributed by atoms with van der Waals surface area (Å²) in [7, 11) is 0. The summed E-state index contributed by atoms with van der Waals surface area (Å²) in [5.41, 5.74) is 10.1. The molecule has 0 fully saturated rings. The summed E-state index contributed by atoms with van der Waals surface area (Å²) in [5.74, 6) is -1.48. The highest BCUT2D eigenvalue weighted by molar-refractivity contribution is 14.0. The molecule has 0 amide bonds. The molecule has 0 aromatic heterocycles. The lowest BCUT2D eigenvalue weighted by Crippen LogP contribution is -2.23. The van der Waals surface area contributed by atoms with Gasteiger partial charge in [-0.25, -0.2) is 8.78 Å². The van der Waals surface area contributed by atoms with Gasteiger partial charge in [-0.1, -0.05) is 0 Å². The van der Waals surface area contributed by atoms with Gasteiger partial charge in [0.1, 0.15) is 12.4 Å². The summed E-state index contributed by atoms with van der Waals surface area (Å²) in [6, 6.07) is 3.06. The average Bonchev–Trinajstić information content (AvgIpc) is 2.14. The zero-order valence-corrected chi connectivity index (χ0v) is 10.7. The lowest BCUT2D eigenvalue weighted by atomic mass is 10.3. The number of ether oxygens (including phenoxy) is 1. The van der Waals surface area contributed by atoms with Gasteiger partial charge in [-0.15, -0.1) is 24.0 Å². The Kier molecular flexibility index (Phi) is 6.70. The van der Waals surface area contributed by atoms with E-state index in [1.165, 1.54) is 6.07 Å². The van der Waals surface area contributed by atoms with Crippen LogP contribution in [-0.2, 0) is 0 Å². The molecule has 0 unspecified atom stereocenters. The molecule has 0 aliphatic rings. The molecule has 0 aliphatic heterocycles. The maximum Gasteiger partial charge on any atom is 0.186 e. The number of hydrogen-bond donors (Lipinski definition) is 2. The third kappa shape index (κ3) is 5.10. The lowest BCUT2D eigenvalue weighted by Gasteiger charge is -2.05. The van der Waals surface area contributed by atoms with Crippen molar-refractivity contribution >= 4 is 29.9 Å². The molecule has 1 aromatic carbocycles. The van der Waals surface area contributed by atoms with E-state index in [0.29, 0.717) is 0 Å². The van der Waals surface area contributed by atoms with Gasteiger partial charge in [0.25, 0.3) is 0 Å². The molecule has 0 spiro atoms. The molecule has 0 saturated carbocycles. The minimum atomic E-state index is -0.750. The van der Waals surface area contributed by atoms with E-state index in [1.807, 2.05) is 0 Å². The van der Waals surface area contributed by atoms with Gasteiger partial charge in [0.15, 0.2) is 17.5 Å². The second-order valence-corrected chi connectivity index (χ2v) is 2.73. The van der Waals surface area contributed by atoms with Crippen molar-refractivity contribution in [2.75, 3.05) is 13.2 Å². The molecule has 1 aromatic rings. The predicted octanol–water partition coefficient (Wildman–Crippen LogP) is 1.24. The fraction of sp³-hybridized carbons (Fsp3) is 0.222. The number of aliphatic imine (C=N–C) groups is 1. The first-order valence-electron chi connectivity index (χ1n) is 4.23. The smallest absolute Gasteiger partial charge is 0.186 e. The van der Waals surface area contributed by atoms with Crippen LogP contribution in [0.15, 0.2) is 23.2 Å². The predicted molar refractivity (Wildman–Crippen MR) is 67.9 cm³/mol. The standard InChI is InChI=1S/C9H11F2N3O.HI/c10-6-1-2-8(7(11)5-6)15-4-3-14-9(12)13;/h1-2,5H,3-4H2,(H4,12,13,14);1H. The molecule has 0 aliphatic carbocycles. The van der Waals surface area contributed by atoms with Crippen LogP contribution < -0.4 is 16.2 Å². The van der Waals surface area contributed by atoms with Gasteiger partial charge in [0.2, 0.25) is 0 Å². The van der Waals surface area contributed by atoms with E-state index in [0.717, 1.165) is 12.1 Å². The number of halogens is 3. The number of nitrogens with zero attached hydrogens (tertiary/aromatic N) is 1. The normalized spacial score (nSPS) is 9.12. The van der Waals surface area contributed by atoms with E-state index in [1.54, 1.807) is 0 Å². The number of rotatable bonds is 4. The van der Waals surface area contributed by atoms with E-state index in [9.17, 15) is 8.78 Å². The van der Waals surface area contributed by atoms with Crippen molar-refractivity contribution in [3.8, 4) is 5.75 Å². The van der Waals surface area contributed by atoms with Crippen LogP contribution in [0.5, 0.6) is 5.75 Å². The highest BCUT2D eigenvalue weighted by Gasteiger charge is 2.03. The van der Waals surface area contributed by atoms with Crippen LogP contribution >= 0.6 is 24.0 Å². The van der Waals surface area contributed by atoms with Gasteiger partial charge in [-0.05, 0) is 12.1 Å². The highest BCUT2D eigenvalue weighted by atomic mass is 127. The third-order valence-electron chi connectivity index (χ3n) is 1.54. The molecule has 4 nitrogen and oxygen atoms in total. The minimum Gasteiger partial charge on any atom is -0.489 e. The van der Waals surface area contributed by atoms with Crippen molar-refractivity contribution in [3.05, 3.63) is 29.8 Å². The van der Waals surface area contributed by atoms with Gasteiger partial charge in [-0.3, -0.25) is 4.99 Å². The number of guanidine groups is 1. The number of hydrogen-bond acceptors (Lipinski definition) is 2. The summed E-state index contributed by atoms with van der Waals surface area (Å²) in [6.07, 6.45) is 0. The molecule has 0 atom stereocenters. The third-order valence-corrected chi connectivity index (χ3v) is 1.54. The van der Waals surface area contributed by atoms with Crippen LogP contribution in [0.25, 0.3) is 0 Å². The zero-order valence-electron chi connectivity index (χ0n) is 8.32. The Morgan fingerprint density at radius 2 is 2.00 bits per heavy atom. The van der Waals surface area contributed by atoms with Crippen LogP contribution in [0.1, 0.15) is 0 Å². The van der Waals surface area contributed by atoms with Crippen molar-refractivity contribution in [1.82, 2.24) is 0 Å². The monoisotopic (exact) mass is 343 g/mol. The van der Waals surface area contributed by atoms with Crippen LogP contribution in [0.2, 0.25) is 0 Å². The van der Waals surface area contributed by atoms with Gasteiger partial charge in [-0.2, -0.15) is 0 Å². The topological polar surface area (TPSA) is 73.6 Å². The Morgan fingerprint density at radius 1 is 1.31 bits per heavy atom. The number of nitrogens with two attached hydrogens (primary N) is 2. The summed E-state index contributed by atoms with van der Waals surface area (Å²) < 4.78 is 30.5. The maximum absolute atomic E-state index is 13.0. The zero-order chi connectivity index (χ0) is 11.3. The highest BCUT2D eigenvalue weighted by Crippen LogP contribution is 2.17. The van der Waals surface area contributed by atoms with Crippen molar-refractivity contribution in [1.29, 1.82) is 0 Å². The summed E-state index contributed by atoms with van der Waals surface area (Å²) >= 11 is 0. The molecule has 1 rings (SSSR count). The van der Waals surface area contributed by atoms with Gasteiger partial charge in [0, 0.05) is 6.07 Å². The van der Waals surface area contributed by atoms with E-state index in [4.69, 9.17) is 16.2 Å². The largest absolute Gasteiger partial charge is 0.489 e. The van der Waals surface area contributed by atoms with Crippen molar-refractivity contribution in [2.45, 2.75) is 0 Å². The second kappa shape index (κ2) is 7.20. The SMILES string of the molecule is I.NC(N)=NCCOc1ccc(F)cc1F. The second-order valence-electron chi connectivity index (χ2n) is 2.73. The molecule has 0 radical (unpaired) electrons. The molecule has 16 heavy (non-hydrogen) atoms.